The molecule has 1 rings (SSSR count). The lowest BCUT2D eigenvalue weighted by atomic mass is 9.67. The Kier molecular flexibility index (Phi) is 3.59. The van der Waals surface area contributed by atoms with E-state index in [0.29, 0.717) is 0 Å². The summed E-state index contributed by atoms with van der Waals surface area (Å²) in [5.41, 5.74) is -2.09. The van der Waals surface area contributed by atoms with Crippen LogP contribution in [-0.2, 0) is 23.9 Å². The molecule has 1 saturated carbocycles. The smallest absolute Gasteiger partial charge is 0.324 e. The fourth-order valence-corrected chi connectivity index (χ4v) is 1.64. The lowest BCUT2D eigenvalue weighted by Gasteiger charge is -2.37. The van der Waals surface area contributed by atoms with E-state index in [2.05, 4.69) is 0 Å². The largest absolute Gasteiger partial charge is 0.465 e. The first-order valence-corrected chi connectivity index (χ1v) is 5.63. The van der Waals surface area contributed by atoms with Gasteiger partial charge in [0.05, 0.1) is 6.61 Å². The van der Waals surface area contributed by atoms with Gasteiger partial charge in [0.15, 0.2) is 5.41 Å². The lowest BCUT2D eigenvalue weighted by Crippen LogP contribution is -2.53. The molecule has 0 unspecified atom stereocenters. The van der Waals surface area contributed by atoms with E-state index in [-0.39, 0.29) is 25.2 Å². The molecule has 5 nitrogen and oxygen atoms in total. The molecule has 0 radical (unpaired) electrons. The normalized spacial score (nSPS) is 18.2. The maximum atomic E-state index is 11.9. The summed E-state index contributed by atoms with van der Waals surface area (Å²) in [5, 5.41) is 0. The molecule has 17 heavy (non-hydrogen) atoms. The van der Waals surface area contributed by atoms with Crippen LogP contribution < -0.4 is 0 Å². The first-order chi connectivity index (χ1) is 7.71. The average molecular weight is 242 g/mol. The zero-order chi connectivity index (χ0) is 13.3. The zero-order valence-electron chi connectivity index (χ0n) is 10.7. The molecule has 0 atom stereocenters. The van der Waals surface area contributed by atoms with Crippen LogP contribution in [0, 0.1) is 5.41 Å². The highest BCUT2D eigenvalue weighted by atomic mass is 16.6. The van der Waals surface area contributed by atoms with Gasteiger partial charge >= 0.3 is 11.9 Å². The Hall–Kier alpha value is -1.39. The number of rotatable bonds is 3. The predicted molar refractivity (Wildman–Crippen MR) is 59.2 cm³/mol. The molecule has 0 aliphatic heterocycles. The van der Waals surface area contributed by atoms with E-state index in [1.54, 1.807) is 27.7 Å². The van der Waals surface area contributed by atoms with Crippen LogP contribution in [0.2, 0.25) is 0 Å². The maximum Gasteiger partial charge on any atom is 0.324 e. The van der Waals surface area contributed by atoms with Crippen LogP contribution in [0.5, 0.6) is 0 Å². The van der Waals surface area contributed by atoms with Crippen molar-refractivity contribution in [2.75, 3.05) is 6.61 Å². The van der Waals surface area contributed by atoms with Crippen molar-refractivity contribution in [3.8, 4) is 0 Å². The Morgan fingerprint density at radius 3 is 2.12 bits per heavy atom. The van der Waals surface area contributed by atoms with E-state index in [4.69, 9.17) is 9.47 Å². The topological polar surface area (TPSA) is 69.7 Å². The van der Waals surface area contributed by atoms with Crippen molar-refractivity contribution in [2.24, 2.45) is 5.41 Å². The minimum atomic E-state index is -1.40. The van der Waals surface area contributed by atoms with E-state index in [1.807, 2.05) is 0 Å². The van der Waals surface area contributed by atoms with Crippen molar-refractivity contribution >= 4 is 17.7 Å². The third kappa shape index (κ3) is 2.84. The van der Waals surface area contributed by atoms with Crippen LogP contribution >= 0.6 is 0 Å². The van der Waals surface area contributed by atoms with Crippen LogP contribution in [0.3, 0.4) is 0 Å². The number of carbonyl (C=O) groups is 3. The highest BCUT2D eigenvalue weighted by Gasteiger charge is 2.59. The molecule has 1 fully saturated rings. The summed E-state index contributed by atoms with van der Waals surface area (Å²) < 4.78 is 10.0. The monoisotopic (exact) mass is 242 g/mol. The standard InChI is InChI=1S/C12H18O5/c1-5-16-9(14)12(6-8(13)7-12)10(15)17-11(2,3)4/h5-7H2,1-4H3. The van der Waals surface area contributed by atoms with Crippen molar-refractivity contribution in [2.45, 2.75) is 46.1 Å². The molecule has 0 spiro atoms. The summed E-state index contributed by atoms with van der Waals surface area (Å²) in [6.07, 6.45) is -0.221. The van der Waals surface area contributed by atoms with Crippen molar-refractivity contribution < 1.29 is 23.9 Å². The molecule has 1 aliphatic rings. The van der Waals surface area contributed by atoms with E-state index in [0.717, 1.165) is 0 Å². The van der Waals surface area contributed by atoms with E-state index >= 15 is 0 Å². The van der Waals surface area contributed by atoms with Gasteiger partial charge in [-0.2, -0.15) is 0 Å². The average Bonchev–Trinajstić information content (AvgIpc) is 2.09. The second kappa shape index (κ2) is 4.47. The minimum Gasteiger partial charge on any atom is -0.465 e. The molecule has 0 saturated heterocycles. The van der Waals surface area contributed by atoms with Gasteiger partial charge in [-0.1, -0.05) is 0 Å². The summed E-state index contributed by atoms with van der Waals surface area (Å²) in [5.74, 6) is -1.44. The van der Waals surface area contributed by atoms with Gasteiger partial charge in [0, 0.05) is 12.8 Å². The van der Waals surface area contributed by atoms with Crippen molar-refractivity contribution in [3.63, 3.8) is 0 Å². The molecule has 5 heteroatoms. The van der Waals surface area contributed by atoms with Crippen LogP contribution in [0.25, 0.3) is 0 Å². The van der Waals surface area contributed by atoms with Crippen molar-refractivity contribution in [1.29, 1.82) is 0 Å². The molecule has 1 aliphatic carbocycles. The fourth-order valence-electron chi connectivity index (χ4n) is 1.64. The van der Waals surface area contributed by atoms with Gasteiger partial charge in [-0.15, -0.1) is 0 Å². The number of esters is 2. The molecule has 0 aromatic carbocycles. The number of ether oxygens (including phenoxy) is 2. The number of Topliss-reactive ketones (excluding diaryl/α,β-unsaturated/α-hetero) is 1. The van der Waals surface area contributed by atoms with Gasteiger partial charge in [0.2, 0.25) is 0 Å². The van der Waals surface area contributed by atoms with Gasteiger partial charge in [-0.05, 0) is 27.7 Å². The highest BCUT2D eigenvalue weighted by molar-refractivity contribution is 6.12. The highest BCUT2D eigenvalue weighted by Crippen LogP contribution is 2.41. The maximum absolute atomic E-state index is 11.9. The molecule has 0 bridgehead atoms. The molecule has 0 aromatic rings. The summed E-state index contributed by atoms with van der Waals surface area (Å²) in [7, 11) is 0. The Morgan fingerprint density at radius 2 is 1.76 bits per heavy atom. The molecule has 0 aromatic heterocycles. The Morgan fingerprint density at radius 1 is 1.24 bits per heavy atom. The molecule has 0 N–H and O–H groups in total. The predicted octanol–water partition coefficient (Wildman–Crippen LogP) is 1.24. The molecule has 0 heterocycles. The van der Waals surface area contributed by atoms with Crippen molar-refractivity contribution in [1.82, 2.24) is 0 Å². The molecule has 96 valence electrons. The number of hydrogen-bond donors (Lipinski definition) is 0. The van der Waals surface area contributed by atoms with Crippen molar-refractivity contribution in [3.05, 3.63) is 0 Å². The lowest BCUT2D eigenvalue weighted by molar-refractivity contribution is -0.188. The molecule has 0 amide bonds. The Labute approximate surface area is 100 Å². The molecular weight excluding hydrogens is 224 g/mol. The van der Waals surface area contributed by atoms with Crippen LogP contribution in [0.15, 0.2) is 0 Å². The third-order valence-electron chi connectivity index (χ3n) is 2.45. The summed E-state index contributed by atoms with van der Waals surface area (Å²) in [6.45, 7) is 6.97. The Balaban J connectivity index is 2.83. The number of carbonyl (C=O) groups excluding carboxylic acids is 3. The number of hydrogen-bond acceptors (Lipinski definition) is 5. The van der Waals surface area contributed by atoms with Gasteiger partial charge in [-0.25, -0.2) is 0 Å². The van der Waals surface area contributed by atoms with E-state index in [1.165, 1.54) is 0 Å². The Bertz CT molecular complexity index is 342. The van der Waals surface area contributed by atoms with Gasteiger partial charge in [-0.3, -0.25) is 14.4 Å². The third-order valence-corrected chi connectivity index (χ3v) is 2.45. The van der Waals surface area contributed by atoms with E-state index in [9.17, 15) is 14.4 Å². The van der Waals surface area contributed by atoms with Crippen LogP contribution in [-0.4, -0.2) is 29.9 Å². The SMILES string of the molecule is CCOC(=O)C1(C(=O)OC(C)(C)C)CC(=O)C1. The second-order valence-corrected chi connectivity index (χ2v) is 5.20. The van der Waals surface area contributed by atoms with Crippen LogP contribution in [0.1, 0.15) is 40.5 Å². The van der Waals surface area contributed by atoms with E-state index < -0.39 is 23.0 Å². The quantitative estimate of drug-likeness (QED) is 0.550. The second-order valence-electron chi connectivity index (χ2n) is 5.20. The summed E-state index contributed by atoms with van der Waals surface area (Å²) in [6, 6.07) is 0. The summed E-state index contributed by atoms with van der Waals surface area (Å²) >= 11 is 0. The first kappa shape index (κ1) is 13.7. The minimum absolute atomic E-state index is 0.110. The number of ketones is 1. The first-order valence-electron chi connectivity index (χ1n) is 5.63. The fraction of sp³-hybridized carbons (Fsp3) is 0.750. The van der Waals surface area contributed by atoms with Gasteiger partial charge in [0.1, 0.15) is 11.4 Å². The summed E-state index contributed by atoms with van der Waals surface area (Å²) in [4.78, 5) is 34.8. The van der Waals surface area contributed by atoms with Gasteiger partial charge in [0.25, 0.3) is 0 Å². The van der Waals surface area contributed by atoms with Crippen LogP contribution in [0.4, 0.5) is 0 Å². The molecular formula is C12H18O5. The zero-order valence-corrected chi connectivity index (χ0v) is 10.7. The van der Waals surface area contributed by atoms with Gasteiger partial charge < -0.3 is 9.47 Å².